The van der Waals surface area contributed by atoms with Gasteiger partial charge in [0.2, 0.25) is 0 Å². The van der Waals surface area contributed by atoms with Crippen LogP contribution in [0.5, 0.6) is 11.5 Å². The number of carbonyl (C=O) groups is 1. The third-order valence-corrected chi connectivity index (χ3v) is 3.85. The molecule has 5 nitrogen and oxygen atoms in total. The monoisotopic (exact) mass is 296 g/mol. The van der Waals surface area contributed by atoms with E-state index in [0.717, 1.165) is 29.1 Å². The van der Waals surface area contributed by atoms with Crippen molar-refractivity contribution in [2.75, 3.05) is 23.8 Å². The van der Waals surface area contributed by atoms with Gasteiger partial charge in [0.25, 0.3) is 5.91 Å². The van der Waals surface area contributed by atoms with Crippen molar-refractivity contribution < 1.29 is 14.3 Å². The maximum atomic E-state index is 12.1. The van der Waals surface area contributed by atoms with E-state index in [0.29, 0.717) is 19.0 Å². The topological polar surface area (TPSA) is 59.6 Å². The van der Waals surface area contributed by atoms with Gasteiger partial charge in [-0.3, -0.25) is 4.79 Å². The molecule has 0 saturated carbocycles. The van der Waals surface area contributed by atoms with Gasteiger partial charge in [-0.05, 0) is 18.2 Å². The van der Waals surface area contributed by atoms with Gasteiger partial charge >= 0.3 is 0 Å². The lowest BCUT2D eigenvalue weighted by Crippen LogP contribution is -2.19. The van der Waals surface area contributed by atoms with E-state index in [1.165, 1.54) is 0 Å². The number of para-hydroxylation sites is 1. The Morgan fingerprint density at radius 3 is 2.77 bits per heavy atom. The predicted molar refractivity (Wildman–Crippen MR) is 83.5 cm³/mol. The molecule has 0 saturated heterocycles. The smallest absolute Gasteiger partial charge is 0.251 e. The van der Waals surface area contributed by atoms with Crippen LogP contribution < -0.4 is 20.1 Å². The van der Waals surface area contributed by atoms with E-state index < -0.39 is 0 Å². The largest absolute Gasteiger partial charge is 0.490 e. The number of hydrogen-bond acceptors (Lipinski definition) is 4. The van der Waals surface area contributed by atoms with Crippen LogP contribution in [0.2, 0.25) is 0 Å². The first-order chi connectivity index (χ1) is 10.8. The summed E-state index contributed by atoms with van der Waals surface area (Å²) >= 11 is 0. The van der Waals surface area contributed by atoms with Gasteiger partial charge in [0, 0.05) is 29.4 Å². The standard InChI is InChI=1S/C17H16N2O3/c20-17-16(12-4-1-2-5-13(12)19-17)18-11-6-7-14-15(10-11)22-9-3-8-21-14/h1-2,4-7,10,16,18H,3,8-9H2,(H,19,20). The Morgan fingerprint density at radius 2 is 1.86 bits per heavy atom. The average molecular weight is 296 g/mol. The Hall–Kier alpha value is -2.69. The minimum Gasteiger partial charge on any atom is -0.490 e. The molecule has 22 heavy (non-hydrogen) atoms. The fourth-order valence-corrected chi connectivity index (χ4v) is 2.77. The number of rotatable bonds is 2. The maximum absolute atomic E-state index is 12.1. The van der Waals surface area contributed by atoms with Crippen LogP contribution in [0, 0.1) is 0 Å². The van der Waals surface area contributed by atoms with Gasteiger partial charge in [-0.15, -0.1) is 0 Å². The van der Waals surface area contributed by atoms with E-state index in [9.17, 15) is 4.79 Å². The zero-order chi connectivity index (χ0) is 14.9. The van der Waals surface area contributed by atoms with Crippen LogP contribution in [0.3, 0.4) is 0 Å². The minimum atomic E-state index is -0.388. The van der Waals surface area contributed by atoms with E-state index in [-0.39, 0.29) is 11.9 Å². The molecule has 2 aromatic carbocycles. The van der Waals surface area contributed by atoms with Crippen LogP contribution in [0.25, 0.3) is 0 Å². The predicted octanol–water partition coefficient (Wildman–Crippen LogP) is 2.95. The normalized spacial score (nSPS) is 19.1. The molecule has 0 radical (unpaired) electrons. The molecule has 0 aliphatic carbocycles. The molecule has 0 spiro atoms. The quantitative estimate of drug-likeness (QED) is 0.894. The number of anilines is 2. The van der Waals surface area contributed by atoms with Crippen LogP contribution >= 0.6 is 0 Å². The molecule has 1 unspecified atom stereocenters. The first-order valence-electron chi connectivity index (χ1n) is 7.37. The van der Waals surface area contributed by atoms with Gasteiger partial charge in [0.05, 0.1) is 13.2 Å². The summed E-state index contributed by atoms with van der Waals surface area (Å²) < 4.78 is 11.3. The van der Waals surface area contributed by atoms with Crippen LogP contribution in [0.4, 0.5) is 11.4 Å². The zero-order valence-electron chi connectivity index (χ0n) is 12.0. The molecule has 112 valence electrons. The highest BCUT2D eigenvalue weighted by Crippen LogP contribution is 2.36. The fraction of sp³-hybridized carbons (Fsp3) is 0.235. The number of fused-ring (bicyclic) bond motifs is 2. The molecule has 5 heteroatoms. The molecule has 1 amide bonds. The fourth-order valence-electron chi connectivity index (χ4n) is 2.77. The van der Waals surface area contributed by atoms with Gasteiger partial charge in [0.1, 0.15) is 6.04 Å². The van der Waals surface area contributed by atoms with Crippen molar-refractivity contribution in [3.8, 4) is 11.5 Å². The number of benzene rings is 2. The Labute approximate surface area is 128 Å². The van der Waals surface area contributed by atoms with Crippen LogP contribution in [0.15, 0.2) is 42.5 Å². The summed E-state index contributed by atoms with van der Waals surface area (Å²) in [7, 11) is 0. The first-order valence-corrected chi connectivity index (χ1v) is 7.37. The lowest BCUT2D eigenvalue weighted by atomic mass is 10.1. The molecular weight excluding hydrogens is 280 g/mol. The van der Waals surface area contributed by atoms with Gasteiger partial charge in [-0.25, -0.2) is 0 Å². The zero-order valence-corrected chi connectivity index (χ0v) is 12.0. The molecule has 0 bridgehead atoms. The summed E-state index contributed by atoms with van der Waals surface area (Å²) in [5, 5.41) is 6.15. The van der Waals surface area contributed by atoms with Crippen LogP contribution in [-0.4, -0.2) is 19.1 Å². The van der Waals surface area contributed by atoms with Crippen molar-refractivity contribution >= 4 is 17.3 Å². The van der Waals surface area contributed by atoms with Crippen molar-refractivity contribution in [2.45, 2.75) is 12.5 Å². The van der Waals surface area contributed by atoms with Crippen molar-refractivity contribution in [3.63, 3.8) is 0 Å². The Morgan fingerprint density at radius 1 is 1.05 bits per heavy atom. The molecule has 0 aromatic heterocycles. The number of hydrogen-bond donors (Lipinski definition) is 2. The highest BCUT2D eigenvalue weighted by molar-refractivity contribution is 6.04. The number of ether oxygens (including phenoxy) is 2. The molecule has 4 rings (SSSR count). The van der Waals surface area contributed by atoms with Crippen LogP contribution in [-0.2, 0) is 4.79 Å². The van der Waals surface area contributed by atoms with E-state index in [4.69, 9.17) is 9.47 Å². The summed E-state index contributed by atoms with van der Waals surface area (Å²) in [6.45, 7) is 1.31. The Bertz CT molecular complexity index is 730. The lowest BCUT2D eigenvalue weighted by Gasteiger charge is -2.15. The molecular formula is C17H16N2O3. The number of carbonyl (C=O) groups excluding carboxylic acids is 1. The minimum absolute atomic E-state index is 0.0479. The van der Waals surface area contributed by atoms with Crippen molar-refractivity contribution in [3.05, 3.63) is 48.0 Å². The molecule has 2 aliphatic rings. The second kappa shape index (κ2) is 5.26. The third-order valence-electron chi connectivity index (χ3n) is 3.85. The molecule has 2 aliphatic heterocycles. The third kappa shape index (κ3) is 2.24. The van der Waals surface area contributed by atoms with E-state index >= 15 is 0 Å². The Kier molecular flexibility index (Phi) is 3.11. The average Bonchev–Trinajstić information content (AvgIpc) is 2.72. The van der Waals surface area contributed by atoms with Gasteiger partial charge in [-0.1, -0.05) is 18.2 Å². The lowest BCUT2D eigenvalue weighted by molar-refractivity contribution is -0.116. The van der Waals surface area contributed by atoms with Gasteiger partial charge in [0.15, 0.2) is 11.5 Å². The first kappa shape index (κ1) is 13.0. The highest BCUT2D eigenvalue weighted by atomic mass is 16.5. The molecule has 2 aromatic rings. The summed E-state index contributed by atoms with van der Waals surface area (Å²) in [4.78, 5) is 12.1. The van der Waals surface area contributed by atoms with Crippen LogP contribution in [0.1, 0.15) is 18.0 Å². The van der Waals surface area contributed by atoms with E-state index in [1.807, 2.05) is 42.5 Å². The van der Waals surface area contributed by atoms with Gasteiger partial charge < -0.3 is 20.1 Å². The number of nitrogens with one attached hydrogen (secondary N) is 2. The van der Waals surface area contributed by atoms with Crippen molar-refractivity contribution in [1.29, 1.82) is 0 Å². The van der Waals surface area contributed by atoms with E-state index in [1.54, 1.807) is 0 Å². The second-order valence-corrected chi connectivity index (χ2v) is 5.37. The van der Waals surface area contributed by atoms with Crippen molar-refractivity contribution in [2.24, 2.45) is 0 Å². The second-order valence-electron chi connectivity index (χ2n) is 5.37. The summed E-state index contributed by atoms with van der Waals surface area (Å²) in [6, 6.07) is 13.0. The highest BCUT2D eigenvalue weighted by Gasteiger charge is 2.30. The summed E-state index contributed by atoms with van der Waals surface area (Å²) in [5.41, 5.74) is 2.65. The van der Waals surface area contributed by atoms with Crippen molar-refractivity contribution in [1.82, 2.24) is 0 Å². The molecule has 2 heterocycles. The molecule has 0 fully saturated rings. The molecule has 2 N–H and O–H groups in total. The Balaban J connectivity index is 1.61. The van der Waals surface area contributed by atoms with Gasteiger partial charge in [-0.2, -0.15) is 0 Å². The van der Waals surface area contributed by atoms with E-state index in [2.05, 4.69) is 10.6 Å². The maximum Gasteiger partial charge on any atom is 0.251 e. The number of amides is 1. The SMILES string of the molecule is O=C1Nc2ccccc2C1Nc1ccc2c(c1)OCCCO2. The molecule has 1 atom stereocenters. The summed E-state index contributed by atoms with van der Waals surface area (Å²) in [6.07, 6.45) is 0.871. The summed E-state index contributed by atoms with van der Waals surface area (Å²) in [5.74, 6) is 1.42.